The summed E-state index contributed by atoms with van der Waals surface area (Å²) in [5.41, 5.74) is 3.35. The molecule has 0 spiro atoms. The number of likely N-dealkylation sites (N-methyl/N-ethyl adjacent to an activating group) is 1. The van der Waals surface area contributed by atoms with Gasteiger partial charge in [0.2, 0.25) is 0 Å². The first-order chi connectivity index (χ1) is 11.5. The number of hydrogen-bond donors (Lipinski definition) is 1. The first kappa shape index (κ1) is 17.0. The average Bonchev–Trinajstić information content (AvgIpc) is 3.18. The molecule has 128 valence electrons. The molecule has 1 aliphatic heterocycles. The van der Waals surface area contributed by atoms with E-state index in [4.69, 9.17) is 11.6 Å². The summed E-state index contributed by atoms with van der Waals surface area (Å²) in [6, 6.07) is 7.97. The number of carbonyl (C=O) groups is 1. The molecule has 0 saturated carbocycles. The van der Waals surface area contributed by atoms with Crippen molar-refractivity contribution in [2.24, 2.45) is 0 Å². The van der Waals surface area contributed by atoms with Crippen molar-refractivity contribution in [2.75, 3.05) is 20.1 Å². The van der Waals surface area contributed by atoms with Crippen molar-refractivity contribution in [3.63, 3.8) is 0 Å². The van der Waals surface area contributed by atoms with Gasteiger partial charge in [-0.3, -0.25) is 9.48 Å². The number of nitrogens with one attached hydrogen (secondary N) is 1. The van der Waals surface area contributed by atoms with Crippen LogP contribution in [0.5, 0.6) is 0 Å². The lowest BCUT2D eigenvalue weighted by Crippen LogP contribution is -2.38. The number of nitrogens with zero attached hydrogens (tertiary/aromatic N) is 3. The fraction of sp³-hybridized carbons (Fsp3) is 0.444. The Labute approximate surface area is 147 Å². The maximum absolute atomic E-state index is 12.9. The first-order valence-corrected chi connectivity index (χ1v) is 8.62. The van der Waals surface area contributed by atoms with Crippen LogP contribution in [0.3, 0.4) is 0 Å². The molecule has 1 amide bonds. The smallest absolute Gasteiger partial charge is 0.257 e. The summed E-state index contributed by atoms with van der Waals surface area (Å²) in [5, 5.41) is 8.59. The molecule has 1 atom stereocenters. The zero-order chi connectivity index (χ0) is 17.3. The maximum Gasteiger partial charge on any atom is 0.257 e. The largest absolute Gasteiger partial charge is 0.337 e. The van der Waals surface area contributed by atoms with Gasteiger partial charge in [0.05, 0.1) is 17.8 Å². The molecule has 2 aromatic rings. The van der Waals surface area contributed by atoms with Gasteiger partial charge in [0.15, 0.2) is 0 Å². The Kier molecular flexibility index (Phi) is 4.92. The summed E-state index contributed by atoms with van der Waals surface area (Å²) >= 11 is 6.25. The van der Waals surface area contributed by atoms with Crippen LogP contribution in [0.4, 0.5) is 0 Å². The number of aromatic nitrogens is 2. The van der Waals surface area contributed by atoms with E-state index in [1.54, 1.807) is 0 Å². The quantitative estimate of drug-likeness (QED) is 0.925. The van der Waals surface area contributed by atoms with Gasteiger partial charge >= 0.3 is 0 Å². The normalized spacial score (nSPS) is 17.2. The van der Waals surface area contributed by atoms with Crippen molar-refractivity contribution in [3.05, 3.63) is 51.8 Å². The van der Waals surface area contributed by atoms with Crippen LogP contribution in [0.15, 0.2) is 24.3 Å². The number of rotatable bonds is 4. The minimum Gasteiger partial charge on any atom is -0.337 e. The van der Waals surface area contributed by atoms with Gasteiger partial charge in [0.1, 0.15) is 0 Å². The summed E-state index contributed by atoms with van der Waals surface area (Å²) < 4.78 is 1.87. The van der Waals surface area contributed by atoms with Crippen molar-refractivity contribution < 1.29 is 4.79 Å². The van der Waals surface area contributed by atoms with Crippen LogP contribution in [-0.4, -0.2) is 46.8 Å². The lowest BCUT2D eigenvalue weighted by atomic mass is 10.1. The van der Waals surface area contributed by atoms with E-state index in [1.165, 1.54) is 0 Å². The van der Waals surface area contributed by atoms with Crippen molar-refractivity contribution in [1.82, 2.24) is 20.0 Å². The molecule has 5 nitrogen and oxygen atoms in total. The molecule has 3 rings (SSSR count). The highest BCUT2D eigenvalue weighted by Crippen LogP contribution is 2.21. The van der Waals surface area contributed by atoms with Crippen molar-refractivity contribution in [3.8, 4) is 0 Å². The Morgan fingerprint density at radius 3 is 2.83 bits per heavy atom. The van der Waals surface area contributed by atoms with E-state index in [-0.39, 0.29) is 11.9 Å². The molecule has 0 aliphatic carbocycles. The third-order valence-corrected chi connectivity index (χ3v) is 5.14. The molecular formula is C18H23ClN4O. The predicted octanol–water partition coefficient (Wildman–Crippen LogP) is 2.64. The number of amides is 1. The topological polar surface area (TPSA) is 50.2 Å². The number of carbonyl (C=O) groups excluding carboxylic acids is 1. The van der Waals surface area contributed by atoms with Crippen LogP contribution < -0.4 is 5.32 Å². The lowest BCUT2D eigenvalue weighted by molar-refractivity contribution is 0.0742. The Morgan fingerprint density at radius 2 is 2.17 bits per heavy atom. The van der Waals surface area contributed by atoms with E-state index >= 15 is 0 Å². The van der Waals surface area contributed by atoms with Gasteiger partial charge in [-0.2, -0.15) is 5.10 Å². The second kappa shape index (κ2) is 6.95. The summed E-state index contributed by atoms with van der Waals surface area (Å²) in [5.74, 6) is 0.0455. The molecular weight excluding hydrogens is 324 g/mol. The third-order valence-electron chi connectivity index (χ3n) is 4.78. The molecule has 24 heavy (non-hydrogen) atoms. The Morgan fingerprint density at radius 1 is 1.42 bits per heavy atom. The fourth-order valence-electron chi connectivity index (χ4n) is 3.26. The summed E-state index contributed by atoms with van der Waals surface area (Å²) in [4.78, 5) is 14.8. The second-order valence-corrected chi connectivity index (χ2v) is 6.76. The van der Waals surface area contributed by atoms with Gasteiger partial charge in [0.25, 0.3) is 5.91 Å². The molecule has 1 fully saturated rings. The van der Waals surface area contributed by atoms with Gasteiger partial charge in [0, 0.05) is 30.4 Å². The number of aryl methyl sites for hydroxylation is 1. The molecule has 0 radical (unpaired) electrons. The fourth-order valence-corrected chi connectivity index (χ4v) is 3.46. The first-order valence-electron chi connectivity index (χ1n) is 8.24. The summed E-state index contributed by atoms with van der Waals surface area (Å²) in [7, 11) is 1.88. The van der Waals surface area contributed by atoms with E-state index in [9.17, 15) is 4.79 Å². The van der Waals surface area contributed by atoms with Crippen LogP contribution in [0.25, 0.3) is 0 Å². The van der Waals surface area contributed by atoms with Crippen molar-refractivity contribution >= 4 is 17.5 Å². The molecule has 6 heteroatoms. The Balaban J connectivity index is 1.86. The maximum atomic E-state index is 12.9. The Hall–Kier alpha value is -1.85. The SMILES string of the molecule is Cc1nn(Cc2ccccc2Cl)c(C)c1C(=O)N(C)C1CCNC1. The average molecular weight is 347 g/mol. The summed E-state index contributed by atoms with van der Waals surface area (Å²) in [6.45, 7) is 6.23. The van der Waals surface area contributed by atoms with E-state index in [2.05, 4.69) is 10.4 Å². The number of halogens is 1. The highest BCUT2D eigenvalue weighted by atomic mass is 35.5. The van der Waals surface area contributed by atoms with Gasteiger partial charge in [-0.05, 0) is 38.4 Å². The molecule has 1 aromatic carbocycles. The van der Waals surface area contributed by atoms with Gasteiger partial charge in [-0.25, -0.2) is 0 Å². The highest BCUT2D eigenvalue weighted by Gasteiger charge is 2.28. The van der Waals surface area contributed by atoms with Crippen LogP contribution >= 0.6 is 11.6 Å². The molecule has 1 unspecified atom stereocenters. The summed E-state index contributed by atoms with van der Waals surface area (Å²) in [6.07, 6.45) is 0.994. The third kappa shape index (κ3) is 3.19. The van der Waals surface area contributed by atoms with Gasteiger partial charge in [-0.1, -0.05) is 29.8 Å². The van der Waals surface area contributed by atoms with E-state index in [0.29, 0.717) is 17.1 Å². The number of hydrogen-bond acceptors (Lipinski definition) is 3. The zero-order valence-electron chi connectivity index (χ0n) is 14.3. The number of benzene rings is 1. The standard InChI is InChI=1S/C18H23ClN4O/c1-12-17(18(24)22(3)15-8-9-20-10-15)13(2)23(21-12)11-14-6-4-5-7-16(14)19/h4-7,15,20H,8-11H2,1-3H3. The van der Waals surface area contributed by atoms with Gasteiger partial charge < -0.3 is 10.2 Å². The van der Waals surface area contributed by atoms with Crippen molar-refractivity contribution in [2.45, 2.75) is 32.9 Å². The van der Waals surface area contributed by atoms with Gasteiger partial charge in [-0.15, -0.1) is 0 Å². The van der Waals surface area contributed by atoms with Crippen LogP contribution in [-0.2, 0) is 6.54 Å². The zero-order valence-corrected chi connectivity index (χ0v) is 15.1. The molecule has 1 saturated heterocycles. The minimum atomic E-state index is 0.0455. The minimum absolute atomic E-state index is 0.0455. The second-order valence-electron chi connectivity index (χ2n) is 6.36. The van der Waals surface area contributed by atoms with Crippen LogP contribution in [0.1, 0.15) is 33.7 Å². The predicted molar refractivity (Wildman–Crippen MR) is 95.6 cm³/mol. The molecule has 2 heterocycles. The monoisotopic (exact) mass is 346 g/mol. The highest BCUT2D eigenvalue weighted by molar-refractivity contribution is 6.31. The van der Waals surface area contributed by atoms with E-state index in [1.807, 2.05) is 54.7 Å². The molecule has 1 aliphatic rings. The molecule has 1 N–H and O–H groups in total. The molecule has 0 bridgehead atoms. The lowest BCUT2D eigenvalue weighted by Gasteiger charge is -2.24. The molecule has 1 aromatic heterocycles. The van der Waals surface area contributed by atoms with E-state index < -0.39 is 0 Å². The Bertz CT molecular complexity index is 749. The van der Waals surface area contributed by atoms with Crippen LogP contribution in [0.2, 0.25) is 5.02 Å². The van der Waals surface area contributed by atoms with E-state index in [0.717, 1.165) is 36.5 Å². The van der Waals surface area contributed by atoms with Crippen LogP contribution in [0, 0.1) is 13.8 Å². The van der Waals surface area contributed by atoms with Crippen molar-refractivity contribution in [1.29, 1.82) is 0 Å².